The van der Waals surface area contributed by atoms with E-state index in [0.717, 1.165) is 34.7 Å². The van der Waals surface area contributed by atoms with Gasteiger partial charge in [-0.15, -0.1) is 0 Å². The molecule has 7 nitrogen and oxygen atoms in total. The van der Waals surface area contributed by atoms with Crippen molar-refractivity contribution in [1.29, 1.82) is 0 Å². The van der Waals surface area contributed by atoms with E-state index in [1.54, 1.807) is 18.6 Å². The molecule has 0 saturated carbocycles. The van der Waals surface area contributed by atoms with Crippen LogP contribution in [-0.2, 0) is 9.47 Å². The number of aromatic nitrogens is 3. The summed E-state index contributed by atoms with van der Waals surface area (Å²) >= 11 is 0. The second-order valence-corrected chi connectivity index (χ2v) is 9.57. The minimum Gasteiger partial charge on any atom is -0.491 e. The highest BCUT2D eigenvalue weighted by Crippen LogP contribution is 2.25. The fourth-order valence-electron chi connectivity index (χ4n) is 4.06. The summed E-state index contributed by atoms with van der Waals surface area (Å²) in [5, 5.41) is 0. The van der Waals surface area contributed by atoms with Crippen LogP contribution in [0.25, 0.3) is 22.5 Å². The Balaban J connectivity index is 1.24. The molecule has 4 rings (SSSR count). The SMILES string of the molecule is CCCCCCCCOc1ccc(-c2cnc(-c3ccc(OC[C@H]4COC(C)(C)O4)cc3)cn2)cn1. The van der Waals surface area contributed by atoms with Crippen LogP contribution in [0.3, 0.4) is 0 Å². The van der Waals surface area contributed by atoms with Gasteiger partial charge in [0.2, 0.25) is 5.88 Å². The topological polar surface area (TPSA) is 75.6 Å². The highest BCUT2D eigenvalue weighted by atomic mass is 16.7. The van der Waals surface area contributed by atoms with E-state index in [-0.39, 0.29) is 6.10 Å². The summed E-state index contributed by atoms with van der Waals surface area (Å²) < 4.78 is 23.0. The van der Waals surface area contributed by atoms with E-state index in [0.29, 0.717) is 25.7 Å². The summed E-state index contributed by atoms with van der Waals surface area (Å²) in [5.41, 5.74) is 3.45. The molecule has 0 spiro atoms. The molecule has 1 fully saturated rings. The maximum atomic E-state index is 5.85. The predicted octanol–water partition coefficient (Wildman–Crippen LogP) is 6.48. The van der Waals surface area contributed by atoms with Gasteiger partial charge in [0.25, 0.3) is 0 Å². The first-order chi connectivity index (χ1) is 17.5. The third-order valence-electron chi connectivity index (χ3n) is 6.09. The van der Waals surface area contributed by atoms with Crippen LogP contribution in [0.15, 0.2) is 55.0 Å². The lowest BCUT2D eigenvalue weighted by atomic mass is 10.1. The van der Waals surface area contributed by atoms with Gasteiger partial charge < -0.3 is 18.9 Å². The van der Waals surface area contributed by atoms with Crippen molar-refractivity contribution < 1.29 is 18.9 Å². The van der Waals surface area contributed by atoms with Crippen LogP contribution in [0, 0.1) is 0 Å². The van der Waals surface area contributed by atoms with E-state index >= 15 is 0 Å². The van der Waals surface area contributed by atoms with Gasteiger partial charge in [0.15, 0.2) is 5.79 Å². The van der Waals surface area contributed by atoms with E-state index in [4.69, 9.17) is 18.9 Å². The number of benzene rings is 1. The number of rotatable bonds is 13. The molecule has 0 N–H and O–H groups in total. The summed E-state index contributed by atoms with van der Waals surface area (Å²) in [4.78, 5) is 13.6. The van der Waals surface area contributed by atoms with Crippen LogP contribution in [-0.4, -0.2) is 46.7 Å². The fourth-order valence-corrected chi connectivity index (χ4v) is 4.06. The molecule has 1 saturated heterocycles. The number of pyridine rings is 1. The van der Waals surface area contributed by atoms with Gasteiger partial charge in [-0.2, -0.15) is 0 Å². The van der Waals surface area contributed by atoms with Crippen LogP contribution in [0.2, 0.25) is 0 Å². The van der Waals surface area contributed by atoms with Gasteiger partial charge in [-0.25, -0.2) is 4.98 Å². The first-order valence-corrected chi connectivity index (χ1v) is 13.0. The largest absolute Gasteiger partial charge is 0.491 e. The zero-order chi connectivity index (χ0) is 25.2. The number of hydrogen-bond donors (Lipinski definition) is 0. The van der Waals surface area contributed by atoms with Gasteiger partial charge in [-0.3, -0.25) is 9.97 Å². The third-order valence-corrected chi connectivity index (χ3v) is 6.09. The van der Waals surface area contributed by atoms with Gasteiger partial charge in [0.1, 0.15) is 18.5 Å². The van der Waals surface area contributed by atoms with Crippen molar-refractivity contribution in [1.82, 2.24) is 15.0 Å². The van der Waals surface area contributed by atoms with E-state index < -0.39 is 5.79 Å². The summed E-state index contributed by atoms with van der Waals surface area (Å²) in [5.74, 6) is 0.887. The number of hydrogen-bond acceptors (Lipinski definition) is 7. The molecule has 0 aliphatic carbocycles. The van der Waals surface area contributed by atoms with Crippen molar-refractivity contribution in [2.24, 2.45) is 0 Å². The molecule has 1 aliphatic heterocycles. The first kappa shape index (κ1) is 26.0. The maximum Gasteiger partial charge on any atom is 0.213 e. The van der Waals surface area contributed by atoms with Gasteiger partial charge in [-0.05, 0) is 50.6 Å². The van der Waals surface area contributed by atoms with E-state index in [1.807, 2.05) is 50.2 Å². The molecule has 0 bridgehead atoms. The second-order valence-electron chi connectivity index (χ2n) is 9.57. The molecular weight excluding hydrogens is 454 g/mol. The Morgan fingerprint density at radius 1 is 0.806 bits per heavy atom. The van der Waals surface area contributed by atoms with Crippen molar-refractivity contribution in [2.75, 3.05) is 19.8 Å². The minimum atomic E-state index is -0.540. The normalized spacial score (nSPS) is 16.7. The van der Waals surface area contributed by atoms with Crippen LogP contribution >= 0.6 is 0 Å². The molecule has 3 aromatic rings. The Hall–Kier alpha value is -3.03. The molecule has 0 amide bonds. The minimum absolute atomic E-state index is 0.0616. The van der Waals surface area contributed by atoms with Gasteiger partial charge in [0.05, 0.1) is 37.0 Å². The van der Waals surface area contributed by atoms with Crippen LogP contribution in [0.5, 0.6) is 11.6 Å². The van der Waals surface area contributed by atoms with Crippen molar-refractivity contribution in [3.05, 3.63) is 55.0 Å². The van der Waals surface area contributed by atoms with E-state index in [1.165, 1.54) is 32.1 Å². The molecule has 1 aromatic carbocycles. The zero-order valence-corrected chi connectivity index (χ0v) is 21.6. The van der Waals surface area contributed by atoms with Crippen molar-refractivity contribution in [3.63, 3.8) is 0 Å². The molecule has 7 heteroatoms. The fraction of sp³-hybridized carbons (Fsp3) is 0.483. The second kappa shape index (κ2) is 12.8. The van der Waals surface area contributed by atoms with Crippen molar-refractivity contribution >= 4 is 0 Å². The van der Waals surface area contributed by atoms with Gasteiger partial charge in [0, 0.05) is 23.4 Å². The number of unbranched alkanes of at least 4 members (excludes halogenated alkanes) is 5. The molecule has 2 aromatic heterocycles. The van der Waals surface area contributed by atoms with Crippen LogP contribution in [0.1, 0.15) is 59.3 Å². The van der Waals surface area contributed by atoms with Crippen LogP contribution < -0.4 is 9.47 Å². The number of nitrogens with zero attached hydrogens (tertiary/aromatic N) is 3. The standard InChI is InChI=1S/C29H37N3O4/c1-4-5-6-7-8-9-16-33-28-15-12-23(17-32-28)27-19-30-26(18-31-27)22-10-13-24(14-11-22)34-20-25-21-35-29(2,3)36-25/h10-15,17-19,25H,4-9,16,20-21H2,1-3H3/t25-/m0/s1. The molecule has 1 aliphatic rings. The number of ether oxygens (including phenoxy) is 4. The Kier molecular flexibility index (Phi) is 9.25. The van der Waals surface area contributed by atoms with E-state index in [2.05, 4.69) is 21.9 Å². The smallest absolute Gasteiger partial charge is 0.213 e. The van der Waals surface area contributed by atoms with Crippen molar-refractivity contribution in [3.8, 4) is 34.1 Å². The zero-order valence-electron chi connectivity index (χ0n) is 21.6. The Labute approximate surface area is 214 Å². The first-order valence-electron chi connectivity index (χ1n) is 13.0. The molecule has 36 heavy (non-hydrogen) atoms. The monoisotopic (exact) mass is 491 g/mol. The molecule has 1 atom stereocenters. The summed E-state index contributed by atoms with van der Waals surface area (Å²) in [6.45, 7) is 7.75. The lowest BCUT2D eigenvalue weighted by Crippen LogP contribution is -2.25. The lowest BCUT2D eigenvalue weighted by Gasteiger charge is -2.17. The maximum absolute atomic E-state index is 5.85. The molecule has 3 heterocycles. The summed E-state index contributed by atoms with van der Waals surface area (Å²) in [7, 11) is 0. The van der Waals surface area contributed by atoms with Gasteiger partial charge >= 0.3 is 0 Å². The van der Waals surface area contributed by atoms with Crippen LogP contribution in [0.4, 0.5) is 0 Å². The Bertz CT molecular complexity index is 1050. The average Bonchev–Trinajstić information content (AvgIpc) is 3.26. The molecule has 0 unspecified atom stereocenters. The van der Waals surface area contributed by atoms with Crippen molar-refractivity contribution in [2.45, 2.75) is 71.2 Å². The Morgan fingerprint density at radius 2 is 1.50 bits per heavy atom. The molecule has 0 radical (unpaired) electrons. The average molecular weight is 492 g/mol. The lowest BCUT2D eigenvalue weighted by molar-refractivity contribution is -0.141. The quantitative estimate of drug-likeness (QED) is 0.253. The van der Waals surface area contributed by atoms with E-state index in [9.17, 15) is 0 Å². The highest BCUT2D eigenvalue weighted by molar-refractivity contribution is 5.62. The third kappa shape index (κ3) is 7.73. The predicted molar refractivity (Wildman–Crippen MR) is 140 cm³/mol. The molecular formula is C29H37N3O4. The highest BCUT2D eigenvalue weighted by Gasteiger charge is 2.32. The summed E-state index contributed by atoms with van der Waals surface area (Å²) in [6, 6.07) is 11.7. The Morgan fingerprint density at radius 3 is 2.14 bits per heavy atom. The van der Waals surface area contributed by atoms with Gasteiger partial charge in [-0.1, -0.05) is 39.0 Å². The summed E-state index contributed by atoms with van der Waals surface area (Å²) in [6.07, 6.45) is 12.7. The molecule has 192 valence electrons.